The van der Waals surface area contributed by atoms with Gasteiger partial charge in [0.25, 0.3) is 0 Å². The van der Waals surface area contributed by atoms with Crippen molar-refractivity contribution in [2.75, 3.05) is 13.1 Å². The number of hydrogen-bond acceptors (Lipinski definition) is 4. The van der Waals surface area contributed by atoms with E-state index in [0.29, 0.717) is 30.5 Å². The predicted molar refractivity (Wildman–Crippen MR) is 119 cm³/mol. The number of likely N-dealkylation sites (tertiary alicyclic amines) is 1. The molecule has 5 rings (SSSR count). The minimum Gasteiger partial charge on any atom is -0.490 e. The summed E-state index contributed by atoms with van der Waals surface area (Å²) in [5.41, 5.74) is 2.70. The molecule has 1 unspecified atom stereocenters. The van der Waals surface area contributed by atoms with Crippen LogP contribution >= 0.6 is 0 Å². The van der Waals surface area contributed by atoms with Gasteiger partial charge in [-0.2, -0.15) is 9.78 Å². The predicted octanol–water partition coefficient (Wildman–Crippen LogP) is 4.31. The van der Waals surface area contributed by atoms with Crippen molar-refractivity contribution in [3.63, 3.8) is 0 Å². The molecule has 0 bridgehead atoms. The van der Waals surface area contributed by atoms with E-state index in [1.807, 2.05) is 30.3 Å². The highest BCUT2D eigenvalue weighted by Gasteiger charge is 2.43. The molecule has 2 aliphatic rings. The Kier molecular flexibility index (Phi) is 5.17. The molecule has 2 aromatic carbocycles. The second-order valence-corrected chi connectivity index (χ2v) is 8.72. The van der Waals surface area contributed by atoms with Gasteiger partial charge < -0.3 is 14.7 Å². The number of nitrogens with zero attached hydrogens (tertiary/aromatic N) is 3. The summed E-state index contributed by atoms with van der Waals surface area (Å²) < 4.78 is 7.47. The molecule has 7 nitrogen and oxygen atoms in total. The van der Waals surface area contributed by atoms with Gasteiger partial charge >= 0.3 is 12.0 Å². The Bertz CT molecular complexity index is 1140. The lowest BCUT2D eigenvalue weighted by molar-refractivity contribution is 0.0689. The molecule has 7 heteroatoms. The van der Waals surface area contributed by atoms with Crippen molar-refractivity contribution in [3.8, 4) is 16.9 Å². The summed E-state index contributed by atoms with van der Waals surface area (Å²) in [5, 5.41) is 13.1. The van der Waals surface area contributed by atoms with Crippen molar-refractivity contribution in [2.24, 2.45) is 11.8 Å². The molecule has 2 fully saturated rings. The molecule has 1 saturated heterocycles. The Labute approximate surface area is 186 Å². The monoisotopic (exact) mass is 431 g/mol. The molecule has 3 atom stereocenters. The zero-order valence-corrected chi connectivity index (χ0v) is 17.8. The van der Waals surface area contributed by atoms with Crippen LogP contribution in [0.1, 0.15) is 28.9 Å². The Morgan fingerprint density at radius 2 is 1.69 bits per heavy atom. The van der Waals surface area contributed by atoms with Crippen molar-refractivity contribution < 1.29 is 19.4 Å². The number of aromatic carboxylic acids is 1. The Morgan fingerprint density at radius 1 is 1.00 bits per heavy atom. The molecule has 1 saturated carbocycles. The van der Waals surface area contributed by atoms with Gasteiger partial charge in [-0.15, -0.1) is 0 Å². The van der Waals surface area contributed by atoms with Crippen molar-refractivity contribution in [2.45, 2.75) is 25.9 Å². The van der Waals surface area contributed by atoms with Crippen molar-refractivity contribution in [1.29, 1.82) is 0 Å². The maximum atomic E-state index is 12.8. The first kappa shape index (κ1) is 20.3. The highest BCUT2D eigenvalue weighted by Crippen LogP contribution is 2.40. The maximum Gasteiger partial charge on any atom is 0.356 e. The number of carbonyl (C=O) groups is 2. The lowest BCUT2D eigenvalue weighted by Crippen LogP contribution is -2.34. The van der Waals surface area contributed by atoms with E-state index >= 15 is 0 Å². The topological polar surface area (TPSA) is 84.7 Å². The number of fused-ring (bicyclic) bond motifs is 1. The van der Waals surface area contributed by atoms with Gasteiger partial charge in [0, 0.05) is 24.8 Å². The lowest BCUT2D eigenvalue weighted by atomic mass is 10.0. The SMILES string of the molecule is Cc1cn(C(=O)N2C[C@H]3CC(Oc4cccc(-c5ccccc5)c4)C[C@H]3C2)nc1C(=O)O. The molecule has 1 aliphatic heterocycles. The summed E-state index contributed by atoms with van der Waals surface area (Å²) in [6.07, 6.45) is 3.44. The normalized spacial score (nSPS) is 22.0. The van der Waals surface area contributed by atoms with Gasteiger partial charge in [-0.1, -0.05) is 42.5 Å². The summed E-state index contributed by atoms with van der Waals surface area (Å²) in [4.78, 5) is 25.8. The number of benzene rings is 2. The van der Waals surface area contributed by atoms with E-state index in [-0.39, 0.29) is 17.8 Å². The van der Waals surface area contributed by atoms with Crippen LogP contribution in [0.5, 0.6) is 5.75 Å². The third-order valence-corrected chi connectivity index (χ3v) is 6.52. The quantitative estimate of drug-likeness (QED) is 0.665. The highest BCUT2D eigenvalue weighted by molar-refractivity contribution is 5.88. The minimum atomic E-state index is -1.12. The van der Waals surface area contributed by atoms with Crippen LogP contribution in [0.4, 0.5) is 4.79 Å². The summed E-state index contributed by atoms with van der Waals surface area (Å²) in [6, 6.07) is 18.2. The Morgan fingerprint density at radius 3 is 2.34 bits per heavy atom. The maximum absolute atomic E-state index is 12.8. The third kappa shape index (κ3) is 3.86. The number of aryl methyl sites for hydroxylation is 1. The summed E-state index contributed by atoms with van der Waals surface area (Å²) in [6.45, 7) is 2.94. The van der Waals surface area contributed by atoms with Gasteiger partial charge in [0.05, 0.1) is 6.10 Å². The van der Waals surface area contributed by atoms with Crippen LogP contribution < -0.4 is 4.74 Å². The summed E-state index contributed by atoms with van der Waals surface area (Å²) in [7, 11) is 0. The largest absolute Gasteiger partial charge is 0.490 e. The molecule has 0 spiro atoms. The summed E-state index contributed by atoms with van der Waals surface area (Å²) in [5.74, 6) is 0.523. The molecule has 0 radical (unpaired) electrons. The first-order valence-electron chi connectivity index (χ1n) is 10.9. The number of rotatable bonds is 4. The number of carboxylic acids is 1. The molecular weight excluding hydrogens is 406 g/mol. The van der Waals surface area contributed by atoms with Crippen molar-refractivity contribution in [3.05, 3.63) is 72.1 Å². The van der Waals surface area contributed by atoms with E-state index in [4.69, 9.17) is 4.74 Å². The number of hydrogen-bond donors (Lipinski definition) is 1. The van der Waals surface area contributed by atoms with E-state index < -0.39 is 5.97 Å². The molecule has 3 aromatic rings. The van der Waals surface area contributed by atoms with Crippen LogP contribution in [-0.2, 0) is 0 Å². The van der Waals surface area contributed by atoms with Gasteiger partial charge in [-0.3, -0.25) is 0 Å². The number of ether oxygens (including phenoxy) is 1. The fourth-order valence-corrected chi connectivity index (χ4v) is 4.98. The third-order valence-electron chi connectivity index (χ3n) is 6.52. The van der Waals surface area contributed by atoms with Gasteiger partial charge in [0.15, 0.2) is 5.69 Å². The lowest BCUT2D eigenvalue weighted by Gasteiger charge is -2.20. The zero-order valence-electron chi connectivity index (χ0n) is 17.8. The van der Waals surface area contributed by atoms with Gasteiger partial charge in [-0.25, -0.2) is 9.59 Å². The number of aromatic nitrogens is 2. The van der Waals surface area contributed by atoms with E-state index in [2.05, 4.69) is 29.4 Å². The fourth-order valence-electron chi connectivity index (χ4n) is 4.98. The van der Waals surface area contributed by atoms with Crippen LogP contribution in [-0.4, -0.2) is 51.0 Å². The van der Waals surface area contributed by atoms with E-state index in [1.165, 1.54) is 6.20 Å². The van der Waals surface area contributed by atoms with E-state index in [9.17, 15) is 14.7 Å². The second kappa shape index (κ2) is 8.15. The molecule has 1 aliphatic carbocycles. The zero-order chi connectivity index (χ0) is 22.2. The number of amides is 1. The van der Waals surface area contributed by atoms with Crippen LogP contribution in [0.25, 0.3) is 11.1 Å². The average Bonchev–Trinajstić information content (AvgIpc) is 3.47. The smallest absolute Gasteiger partial charge is 0.356 e. The van der Waals surface area contributed by atoms with Crippen molar-refractivity contribution in [1.82, 2.24) is 14.7 Å². The Balaban J connectivity index is 1.21. The first-order chi connectivity index (χ1) is 15.5. The van der Waals surface area contributed by atoms with E-state index in [0.717, 1.165) is 34.4 Å². The van der Waals surface area contributed by atoms with Crippen LogP contribution in [0, 0.1) is 18.8 Å². The molecule has 1 N–H and O–H groups in total. The molecule has 32 heavy (non-hydrogen) atoms. The van der Waals surface area contributed by atoms with E-state index in [1.54, 1.807) is 11.8 Å². The highest BCUT2D eigenvalue weighted by atomic mass is 16.5. The van der Waals surface area contributed by atoms with Gasteiger partial charge in [-0.05, 0) is 54.9 Å². The number of carboxylic acid groups (broad SMARTS) is 1. The fraction of sp³-hybridized carbons (Fsp3) is 0.320. The van der Waals surface area contributed by atoms with Crippen molar-refractivity contribution >= 4 is 12.0 Å². The first-order valence-corrected chi connectivity index (χ1v) is 10.9. The van der Waals surface area contributed by atoms with Crippen LogP contribution in [0.15, 0.2) is 60.8 Å². The second-order valence-electron chi connectivity index (χ2n) is 8.72. The molecule has 164 valence electrons. The van der Waals surface area contributed by atoms with Crippen LogP contribution in [0.3, 0.4) is 0 Å². The molecule has 1 amide bonds. The number of carbonyl (C=O) groups excluding carboxylic acids is 1. The Hall–Kier alpha value is -3.61. The minimum absolute atomic E-state index is 0.0797. The molecule has 2 heterocycles. The van der Waals surface area contributed by atoms with Crippen LogP contribution in [0.2, 0.25) is 0 Å². The van der Waals surface area contributed by atoms with Gasteiger partial charge in [0.1, 0.15) is 5.75 Å². The molecule has 1 aromatic heterocycles. The average molecular weight is 431 g/mol. The summed E-state index contributed by atoms with van der Waals surface area (Å²) >= 11 is 0. The van der Waals surface area contributed by atoms with Gasteiger partial charge in [0.2, 0.25) is 0 Å². The standard InChI is InChI=1S/C25H25N3O4/c1-16-13-28(26-23(16)24(29)30)25(31)27-14-19-11-22(12-20(19)15-27)32-21-9-5-8-18(10-21)17-6-3-2-4-7-17/h2-10,13,19-20,22H,11-12,14-15H2,1H3,(H,29,30)/t19-,20+,22?. The molecular formula is C25H25N3O4.